The lowest BCUT2D eigenvalue weighted by molar-refractivity contribution is -0.116. The molecule has 3 rings (SSSR count). The van der Waals surface area contributed by atoms with Gasteiger partial charge in [-0.2, -0.15) is 4.39 Å². The molecule has 0 aromatic carbocycles. The number of pyridine rings is 2. The van der Waals surface area contributed by atoms with Crippen LogP contribution in [0.25, 0.3) is 11.3 Å². The molecule has 1 aliphatic heterocycles. The molecule has 0 fully saturated rings. The van der Waals surface area contributed by atoms with Crippen LogP contribution < -0.4 is 10.9 Å². The summed E-state index contributed by atoms with van der Waals surface area (Å²) in [5.74, 6) is -1.06. The molecule has 2 aromatic heterocycles. The van der Waals surface area contributed by atoms with Gasteiger partial charge in [0.05, 0.1) is 16.9 Å². The minimum atomic E-state index is -0.698. The summed E-state index contributed by atoms with van der Waals surface area (Å²) < 4.78 is 15.3. The summed E-state index contributed by atoms with van der Waals surface area (Å²) in [5, 5.41) is 2.60. The molecule has 1 aliphatic rings. The largest absolute Gasteiger partial charge is 0.324 e. The number of hydrogen-bond acceptors (Lipinski definition) is 3. The zero-order valence-electron chi connectivity index (χ0n) is 10.1. The smallest absolute Gasteiger partial charge is 0.251 e. The van der Waals surface area contributed by atoms with Crippen LogP contribution >= 0.6 is 0 Å². The van der Waals surface area contributed by atoms with Gasteiger partial charge in [0.2, 0.25) is 11.9 Å². The summed E-state index contributed by atoms with van der Waals surface area (Å²) in [5.41, 5.74) is 0.954. The van der Waals surface area contributed by atoms with Gasteiger partial charge in [-0.15, -0.1) is 0 Å². The molecule has 3 heterocycles. The van der Waals surface area contributed by atoms with E-state index >= 15 is 0 Å². The second-order valence-corrected chi connectivity index (χ2v) is 4.36. The monoisotopic (exact) mass is 259 g/mol. The van der Waals surface area contributed by atoms with Crippen molar-refractivity contribution in [2.45, 2.75) is 13.5 Å². The number of hydrogen-bond donors (Lipinski definition) is 1. The third-order valence-electron chi connectivity index (χ3n) is 2.99. The number of nitrogens with one attached hydrogen (secondary N) is 1. The maximum absolute atomic E-state index is 14.1. The molecule has 1 N–H and O–H groups in total. The summed E-state index contributed by atoms with van der Waals surface area (Å²) >= 11 is 0. The van der Waals surface area contributed by atoms with E-state index in [0.717, 1.165) is 0 Å². The van der Waals surface area contributed by atoms with Crippen molar-refractivity contribution in [2.24, 2.45) is 0 Å². The molecule has 0 spiro atoms. The zero-order valence-corrected chi connectivity index (χ0v) is 10.1. The highest BCUT2D eigenvalue weighted by Gasteiger charge is 2.23. The van der Waals surface area contributed by atoms with Crippen LogP contribution in [-0.4, -0.2) is 15.5 Å². The van der Waals surface area contributed by atoms with Gasteiger partial charge in [0.1, 0.15) is 6.54 Å². The Balaban J connectivity index is 2.41. The Kier molecular flexibility index (Phi) is 2.45. The van der Waals surface area contributed by atoms with Crippen LogP contribution in [0.5, 0.6) is 0 Å². The summed E-state index contributed by atoms with van der Waals surface area (Å²) in [6, 6.07) is 6.05. The predicted octanol–water partition coefficient (Wildman–Crippen LogP) is 1.31. The molecule has 19 heavy (non-hydrogen) atoms. The van der Waals surface area contributed by atoms with Crippen LogP contribution in [-0.2, 0) is 11.3 Å². The third kappa shape index (κ3) is 1.81. The minimum Gasteiger partial charge on any atom is -0.324 e. The topological polar surface area (TPSA) is 64.0 Å². The predicted molar refractivity (Wildman–Crippen MR) is 67.3 cm³/mol. The van der Waals surface area contributed by atoms with Gasteiger partial charge in [0.15, 0.2) is 0 Å². The second kappa shape index (κ2) is 4.01. The van der Waals surface area contributed by atoms with Crippen molar-refractivity contribution in [3.8, 4) is 11.3 Å². The Labute approximate surface area is 107 Å². The Morgan fingerprint density at radius 3 is 2.95 bits per heavy atom. The molecule has 0 radical (unpaired) electrons. The van der Waals surface area contributed by atoms with Crippen molar-refractivity contribution in [3.63, 3.8) is 0 Å². The highest BCUT2D eigenvalue weighted by atomic mass is 19.1. The SMILES string of the molecule is Cc1cc2c(c(F)n1)-c1cccc(=O)n1CC(=O)N2. The fourth-order valence-corrected chi connectivity index (χ4v) is 2.21. The van der Waals surface area contributed by atoms with Crippen molar-refractivity contribution in [3.05, 3.63) is 46.3 Å². The molecular weight excluding hydrogens is 249 g/mol. The quantitative estimate of drug-likeness (QED) is 0.725. The number of aromatic nitrogens is 2. The number of fused-ring (bicyclic) bond motifs is 3. The van der Waals surface area contributed by atoms with Gasteiger partial charge in [0.25, 0.3) is 5.56 Å². The molecule has 0 aliphatic carbocycles. The van der Waals surface area contributed by atoms with E-state index < -0.39 is 5.95 Å². The summed E-state index contributed by atoms with van der Waals surface area (Å²) in [4.78, 5) is 27.3. The number of aryl methyl sites for hydroxylation is 1. The Bertz CT molecular complexity index is 752. The van der Waals surface area contributed by atoms with Gasteiger partial charge in [-0.05, 0) is 19.1 Å². The first-order valence-corrected chi connectivity index (χ1v) is 5.73. The van der Waals surface area contributed by atoms with E-state index in [0.29, 0.717) is 17.1 Å². The van der Waals surface area contributed by atoms with Gasteiger partial charge >= 0.3 is 0 Å². The van der Waals surface area contributed by atoms with Crippen LogP contribution in [0.15, 0.2) is 29.1 Å². The van der Waals surface area contributed by atoms with Gasteiger partial charge in [0, 0.05) is 11.8 Å². The Hall–Kier alpha value is -2.50. The van der Waals surface area contributed by atoms with Gasteiger partial charge in [-0.25, -0.2) is 4.98 Å². The lowest BCUT2D eigenvalue weighted by Crippen LogP contribution is -2.25. The molecule has 96 valence electrons. The fourth-order valence-electron chi connectivity index (χ4n) is 2.21. The molecule has 0 saturated heterocycles. The van der Waals surface area contributed by atoms with E-state index in [1.165, 1.54) is 16.7 Å². The zero-order chi connectivity index (χ0) is 13.6. The highest BCUT2D eigenvalue weighted by Crippen LogP contribution is 2.31. The summed E-state index contributed by atoms with van der Waals surface area (Å²) in [6.07, 6.45) is 0. The van der Waals surface area contributed by atoms with Crippen LogP contribution in [0.1, 0.15) is 5.69 Å². The molecular formula is C13H10FN3O2. The normalized spacial score (nSPS) is 13.3. The number of anilines is 1. The van der Waals surface area contributed by atoms with Crippen LogP contribution in [0.2, 0.25) is 0 Å². The molecule has 0 saturated carbocycles. The summed E-state index contributed by atoms with van der Waals surface area (Å²) in [6.45, 7) is 1.50. The molecule has 0 unspecified atom stereocenters. The van der Waals surface area contributed by atoms with Crippen molar-refractivity contribution in [2.75, 3.05) is 5.32 Å². The molecule has 2 aromatic rings. The average molecular weight is 259 g/mol. The molecule has 0 bridgehead atoms. The molecule has 1 amide bonds. The fraction of sp³-hybridized carbons (Fsp3) is 0.154. The van der Waals surface area contributed by atoms with Crippen molar-refractivity contribution in [1.29, 1.82) is 0 Å². The van der Waals surface area contributed by atoms with Crippen molar-refractivity contribution >= 4 is 11.6 Å². The van der Waals surface area contributed by atoms with Crippen LogP contribution in [0.4, 0.5) is 10.1 Å². The van der Waals surface area contributed by atoms with E-state index in [-0.39, 0.29) is 23.6 Å². The van der Waals surface area contributed by atoms with E-state index in [1.807, 2.05) is 0 Å². The standard InChI is InChI=1S/C13H10FN3O2/c1-7-5-8-12(13(14)15-7)9-3-2-4-11(19)17(9)6-10(18)16-8/h2-5H,6H2,1H3,(H,16,18). The van der Waals surface area contributed by atoms with Gasteiger partial charge in [-0.1, -0.05) is 6.07 Å². The van der Waals surface area contributed by atoms with Gasteiger partial charge < -0.3 is 5.32 Å². The van der Waals surface area contributed by atoms with E-state index in [1.54, 1.807) is 19.1 Å². The number of amides is 1. The van der Waals surface area contributed by atoms with E-state index in [9.17, 15) is 14.0 Å². The van der Waals surface area contributed by atoms with E-state index in [2.05, 4.69) is 10.3 Å². The number of rotatable bonds is 0. The number of carbonyl (C=O) groups is 1. The minimum absolute atomic E-state index is 0.137. The lowest BCUT2D eigenvalue weighted by Gasteiger charge is -2.10. The van der Waals surface area contributed by atoms with Crippen LogP contribution in [0.3, 0.4) is 0 Å². The third-order valence-corrected chi connectivity index (χ3v) is 2.99. The first-order chi connectivity index (χ1) is 9.06. The first kappa shape index (κ1) is 11.6. The molecule has 6 heteroatoms. The number of nitrogens with zero attached hydrogens (tertiary/aromatic N) is 2. The lowest BCUT2D eigenvalue weighted by atomic mass is 10.1. The number of halogens is 1. The second-order valence-electron chi connectivity index (χ2n) is 4.36. The van der Waals surface area contributed by atoms with Crippen molar-refractivity contribution < 1.29 is 9.18 Å². The molecule has 5 nitrogen and oxygen atoms in total. The van der Waals surface area contributed by atoms with Crippen LogP contribution in [0, 0.1) is 12.9 Å². The Morgan fingerprint density at radius 1 is 1.37 bits per heavy atom. The first-order valence-electron chi connectivity index (χ1n) is 5.73. The number of carbonyl (C=O) groups excluding carboxylic acids is 1. The maximum atomic E-state index is 14.1. The maximum Gasteiger partial charge on any atom is 0.251 e. The average Bonchev–Trinajstić information content (AvgIpc) is 2.45. The van der Waals surface area contributed by atoms with Gasteiger partial charge in [-0.3, -0.25) is 14.2 Å². The Morgan fingerprint density at radius 2 is 2.16 bits per heavy atom. The molecule has 0 atom stereocenters. The summed E-state index contributed by atoms with van der Waals surface area (Å²) in [7, 11) is 0. The van der Waals surface area contributed by atoms with Crippen molar-refractivity contribution in [1.82, 2.24) is 9.55 Å². The highest BCUT2D eigenvalue weighted by molar-refractivity contribution is 5.97. The van der Waals surface area contributed by atoms with E-state index in [4.69, 9.17) is 0 Å².